The molecule has 0 aliphatic rings. The molecular formula is C7H16N2O. The number of nitrogens with two attached hydrogens (primary N) is 2. The highest BCUT2D eigenvalue weighted by Gasteiger charge is 2.04. The van der Waals surface area contributed by atoms with E-state index in [0.29, 0.717) is 6.42 Å². The van der Waals surface area contributed by atoms with Gasteiger partial charge >= 0.3 is 0 Å². The molecule has 0 rings (SSSR count). The summed E-state index contributed by atoms with van der Waals surface area (Å²) in [5.41, 5.74) is 10.5. The van der Waals surface area contributed by atoms with Gasteiger partial charge < -0.3 is 11.5 Å². The molecule has 0 radical (unpaired) electrons. The molecule has 0 aromatic heterocycles. The lowest BCUT2D eigenvalue weighted by molar-refractivity contribution is -0.118. The van der Waals surface area contributed by atoms with Gasteiger partial charge in [-0.05, 0) is 6.42 Å². The van der Waals surface area contributed by atoms with Gasteiger partial charge in [0.2, 0.25) is 5.91 Å². The molecule has 0 aliphatic heterocycles. The van der Waals surface area contributed by atoms with Crippen molar-refractivity contribution >= 4 is 5.91 Å². The SMILES string of the molecule is CCCC[C@@H](N)CC(N)=O. The zero-order valence-corrected chi connectivity index (χ0v) is 6.47. The summed E-state index contributed by atoms with van der Waals surface area (Å²) >= 11 is 0. The van der Waals surface area contributed by atoms with Crippen molar-refractivity contribution in [3.05, 3.63) is 0 Å². The van der Waals surface area contributed by atoms with Crippen LogP contribution in [-0.2, 0) is 4.79 Å². The Morgan fingerprint density at radius 3 is 2.60 bits per heavy atom. The van der Waals surface area contributed by atoms with Crippen LogP contribution in [0.1, 0.15) is 32.6 Å². The number of primary amides is 1. The van der Waals surface area contributed by atoms with Gasteiger partial charge in [-0.1, -0.05) is 19.8 Å². The van der Waals surface area contributed by atoms with Crippen LogP contribution in [0.4, 0.5) is 0 Å². The van der Waals surface area contributed by atoms with Crippen LogP contribution in [0, 0.1) is 0 Å². The quantitative estimate of drug-likeness (QED) is 0.585. The van der Waals surface area contributed by atoms with E-state index in [1.165, 1.54) is 0 Å². The minimum absolute atomic E-state index is 0.0301. The third-order valence-corrected chi connectivity index (χ3v) is 1.39. The lowest BCUT2D eigenvalue weighted by Crippen LogP contribution is -2.27. The van der Waals surface area contributed by atoms with Gasteiger partial charge in [0.15, 0.2) is 0 Å². The second-order valence-corrected chi connectivity index (χ2v) is 2.57. The third kappa shape index (κ3) is 5.56. The summed E-state index contributed by atoms with van der Waals surface area (Å²) in [5.74, 6) is -0.302. The fourth-order valence-electron chi connectivity index (χ4n) is 0.827. The van der Waals surface area contributed by atoms with Gasteiger partial charge in [0.05, 0.1) is 0 Å². The lowest BCUT2D eigenvalue weighted by atomic mass is 10.1. The highest BCUT2D eigenvalue weighted by Crippen LogP contribution is 2.00. The average molecular weight is 144 g/mol. The molecule has 0 aromatic carbocycles. The molecule has 0 saturated carbocycles. The van der Waals surface area contributed by atoms with Crippen LogP contribution >= 0.6 is 0 Å². The fourth-order valence-corrected chi connectivity index (χ4v) is 0.827. The van der Waals surface area contributed by atoms with Crippen LogP contribution < -0.4 is 11.5 Å². The van der Waals surface area contributed by atoms with E-state index in [1.807, 2.05) is 0 Å². The maximum atomic E-state index is 10.3. The predicted molar refractivity (Wildman–Crippen MR) is 41.3 cm³/mol. The molecule has 0 aliphatic carbocycles. The second kappa shape index (κ2) is 5.23. The number of unbranched alkanes of at least 4 members (excludes halogenated alkanes) is 1. The van der Waals surface area contributed by atoms with Crippen molar-refractivity contribution in [2.75, 3.05) is 0 Å². The molecular weight excluding hydrogens is 128 g/mol. The first-order valence-electron chi connectivity index (χ1n) is 3.70. The number of hydrogen-bond donors (Lipinski definition) is 2. The molecule has 0 heterocycles. The number of amides is 1. The standard InChI is InChI=1S/C7H16N2O/c1-2-3-4-6(8)5-7(9)10/h6H,2-5,8H2,1H3,(H2,9,10)/t6-/m1/s1. The van der Waals surface area contributed by atoms with Crippen molar-refractivity contribution in [2.24, 2.45) is 11.5 Å². The molecule has 1 atom stereocenters. The highest BCUT2D eigenvalue weighted by molar-refractivity contribution is 5.74. The third-order valence-electron chi connectivity index (χ3n) is 1.39. The smallest absolute Gasteiger partial charge is 0.218 e. The van der Waals surface area contributed by atoms with Crippen molar-refractivity contribution in [3.63, 3.8) is 0 Å². The predicted octanol–water partition coefficient (Wildman–Crippen LogP) is 0.379. The van der Waals surface area contributed by atoms with Crippen molar-refractivity contribution < 1.29 is 4.79 Å². The van der Waals surface area contributed by atoms with Gasteiger partial charge in [0.25, 0.3) is 0 Å². The topological polar surface area (TPSA) is 69.1 Å². The van der Waals surface area contributed by atoms with E-state index in [0.717, 1.165) is 19.3 Å². The van der Waals surface area contributed by atoms with Crippen LogP contribution in [-0.4, -0.2) is 11.9 Å². The molecule has 10 heavy (non-hydrogen) atoms. The molecule has 4 N–H and O–H groups in total. The van der Waals surface area contributed by atoms with E-state index in [4.69, 9.17) is 11.5 Å². The summed E-state index contributed by atoms with van der Waals surface area (Å²) in [6.07, 6.45) is 3.42. The monoisotopic (exact) mass is 144 g/mol. The Bertz CT molecular complexity index is 104. The van der Waals surface area contributed by atoms with Crippen molar-refractivity contribution in [3.8, 4) is 0 Å². The molecule has 0 saturated heterocycles. The lowest BCUT2D eigenvalue weighted by Gasteiger charge is -2.06. The average Bonchev–Trinajstić information content (AvgIpc) is 1.82. The molecule has 3 nitrogen and oxygen atoms in total. The van der Waals surface area contributed by atoms with Crippen molar-refractivity contribution in [2.45, 2.75) is 38.6 Å². The van der Waals surface area contributed by atoms with Crippen LogP contribution in [0.25, 0.3) is 0 Å². The normalized spacial score (nSPS) is 13.0. The molecule has 0 spiro atoms. The fraction of sp³-hybridized carbons (Fsp3) is 0.857. The first-order chi connectivity index (χ1) is 4.66. The summed E-state index contributed by atoms with van der Waals surface area (Å²) in [6.45, 7) is 2.09. The first kappa shape index (κ1) is 9.43. The number of rotatable bonds is 5. The van der Waals surface area contributed by atoms with E-state index >= 15 is 0 Å². The Hall–Kier alpha value is -0.570. The van der Waals surface area contributed by atoms with Gasteiger partial charge in [0, 0.05) is 12.5 Å². The van der Waals surface area contributed by atoms with Gasteiger partial charge in [-0.2, -0.15) is 0 Å². The second-order valence-electron chi connectivity index (χ2n) is 2.57. The molecule has 3 heteroatoms. The maximum Gasteiger partial charge on any atom is 0.218 e. The summed E-state index contributed by atoms with van der Waals surface area (Å²) in [7, 11) is 0. The van der Waals surface area contributed by atoms with E-state index in [9.17, 15) is 4.79 Å². The van der Waals surface area contributed by atoms with Gasteiger partial charge in [0.1, 0.15) is 0 Å². The molecule has 0 fully saturated rings. The highest BCUT2D eigenvalue weighted by atomic mass is 16.1. The van der Waals surface area contributed by atoms with E-state index < -0.39 is 0 Å². The maximum absolute atomic E-state index is 10.3. The Morgan fingerprint density at radius 2 is 2.20 bits per heavy atom. The van der Waals surface area contributed by atoms with Gasteiger partial charge in [-0.15, -0.1) is 0 Å². The number of carbonyl (C=O) groups excluding carboxylic acids is 1. The van der Waals surface area contributed by atoms with Crippen molar-refractivity contribution in [1.29, 1.82) is 0 Å². The van der Waals surface area contributed by atoms with Crippen LogP contribution in [0.5, 0.6) is 0 Å². The minimum atomic E-state index is -0.302. The Morgan fingerprint density at radius 1 is 1.60 bits per heavy atom. The number of carbonyl (C=O) groups is 1. The number of hydrogen-bond acceptors (Lipinski definition) is 2. The van der Waals surface area contributed by atoms with E-state index in [2.05, 4.69) is 6.92 Å². The summed E-state index contributed by atoms with van der Waals surface area (Å²) in [4.78, 5) is 10.3. The zero-order chi connectivity index (χ0) is 7.98. The molecule has 0 aromatic rings. The van der Waals surface area contributed by atoms with Crippen LogP contribution in [0.2, 0.25) is 0 Å². The van der Waals surface area contributed by atoms with Crippen LogP contribution in [0.15, 0.2) is 0 Å². The molecule has 60 valence electrons. The molecule has 0 unspecified atom stereocenters. The summed E-state index contributed by atoms with van der Waals surface area (Å²) < 4.78 is 0. The Kier molecular flexibility index (Phi) is 4.94. The zero-order valence-electron chi connectivity index (χ0n) is 6.47. The largest absolute Gasteiger partial charge is 0.370 e. The first-order valence-corrected chi connectivity index (χ1v) is 3.70. The molecule has 1 amide bonds. The Balaban J connectivity index is 3.25. The summed E-state index contributed by atoms with van der Waals surface area (Å²) in [5, 5.41) is 0. The van der Waals surface area contributed by atoms with Crippen molar-refractivity contribution in [1.82, 2.24) is 0 Å². The van der Waals surface area contributed by atoms with E-state index in [-0.39, 0.29) is 11.9 Å². The van der Waals surface area contributed by atoms with Gasteiger partial charge in [-0.25, -0.2) is 0 Å². The van der Waals surface area contributed by atoms with E-state index in [1.54, 1.807) is 0 Å². The summed E-state index contributed by atoms with van der Waals surface area (Å²) in [6, 6.07) is -0.0301. The van der Waals surface area contributed by atoms with Gasteiger partial charge in [-0.3, -0.25) is 4.79 Å². The molecule has 0 bridgehead atoms. The minimum Gasteiger partial charge on any atom is -0.370 e. The van der Waals surface area contributed by atoms with Crippen LogP contribution in [0.3, 0.4) is 0 Å². The Labute approximate surface area is 61.8 Å².